The summed E-state index contributed by atoms with van der Waals surface area (Å²) in [4.78, 5) is 0. The molecule has 4 nitrogen and oxygen atoms in total. The smallest absolute Gasteiger partial charge is 0.0947 e. The summed E-state index contributed by atoms with van der Waals surface area (Å²) < 4.78 is 10.8. The number of piperidine rings is 1. The van der Waals surface area contributed by atoms with Crippen molar-refractivity contribution in [3.05, 3.63) is 24.2 Å². The third-order valence-electron chi connectivity index (χ3n) is 2.83. The number of nitrogens with one attached hydrogen (secondary N) is 2. The van der Waals surface area contributed by atoms with Crippen molar-refractivity contribution in [2.75, 3.05) is 26.2 Å². The van der Waals surface area contributed by atoms with Crippen LogP contribution in [0, 0.1) is 0 Å². The van der Waals surface area contributed by atoms with Gasteiger partial charge in [0.1, 0.15) is 0 Å². The second-order valence-corrected chi connectivity index (χ2v) is 4.13. The van der Waals surface area contributed by atoms with E-state index in [-0.39, 0.29) is 0 Å². The summed E-state index contributed by atoms with van der Waals surface area (Å²) in [5.41, 5.74) is 1.18. The summed E-state index contributed by atoms with van der Waals surface area (Å²) in [5.74, 6) is 0. The predicted molar refractivity (Wildman–Crippen MR) is 62.3 cm³/mol. The Labute approximate surface area is 96.4 Å². The molecular weight excluding hydrogens is 204 g/mol. The van der Waals surface area contributed by atoms with Gasteiger partial charge in [-0.25, -0.2) is 0 Å². The van der Waals surface area contributed by atoms with Crippen LogP contribution >= 0.6 is 0 Å². The molecule has 1 aliphatic heterocycles. The number of ether oxygens (including phenoxy) is 1. The topological polar surface area (TPSA) is 46.4 Å². The molecule has 0 bridgehead atoms. The maximum atomic E-state index is 5.78. The largest absolute Gasteiger partial charge is 0.472 e. The van der Waals surface area contributed by atoms with E-state index in [2.05, 4.69) is 10.6 Å². The Balaban J connectivity index is 1.48. The lowest BCUT2D eigenvalue weighted by Crippen LogP contribution is -2.33. The van der Waals surface area contributed by atoms with Crippen LogP contribution < -0.4 is 10.6 Å². The minimum absolute atomic E-state index is 0.456. The van der Waals surface area contributed by atoms with Gasteiger partial charge >= 0.3 is 0 Å². The van der Waals surface area contributed by atoms with Gasteiger partial charge in [-0.15, -0.1) is 0 Å². The Bertz CT molecular complexity index is 269. The molecule has 16 heavy (non-hydrogen) atoms. The zero-order chi connectivity index (χ0) is 11.1. The van der Waals surface area contributed by atoms with E-state index >= 15 is 0 Å². The van der Waals surface area contributed by atoms with Gasteiger partial charge < -0.3 is 19.8 Å². The molecule has 4 heteroatoms. The highest BCUT2D eigenvalue weighted by atomic mass is 16.5. The van der Waals surface area contributed by atoms with E-state index in [4.69, 9.17) is 9.15 Å². The van der Waals surface area contributed by atoms with E-state index in [0.717, 1.165) is 45.6 Å². The van der Waals surface area contributed by atoms with E-state index < -0.39 is 0 Å². The maximum absolute atomic E-state index is 5.78. The summed E-state index contributed by atoms with van der Waals surface area (Å²) in [5, 5.41) is 6.66. The third-order valence-corrected chi connectivity index (χ3v) is 2.83. The standard InChI is InChI=1S/C12H20N2O2/c1-4-13-5-2-12(1)16-8-6-14-9-11-3-7-15-10-11/h3,7,10,12-14H,1-2,4-6,8-9H2. The fourth-order valence-electron chi connectivity index (χ4n) is 1.89. The highest BCUT2D eigenvalue weighted by Crippen LogP contribution is 2.06. The first-order valence-corrected chi connectivity index (χ1v) is 5.99. The quantitative estimate of drug-likeness (QED) is 0.711. The average molecular weight is 224 g/mol. The van der Waals surface area contributed by atoms with Gasteiger partial charge in [0.05, 0.1) is 25.2 Å². The Kier molecular flexibility index (Phi) is 4.86. The van der Waals surface area contributed by atoms with Gasteiger partial charge in [-0.2, -0.15) is 0 Å². The summed E-state index contributed by atoms with van der Waals surface area (Å²) in [6, 6.07) is 1.97. The van der Waals surface area contributed by atoms with E-state index in [1.54, 1.807) is 12.5 Å². The van der Waals surface area contributed by atoms with E-state index in [1.807, 2.05) is 6.07 Å². The minimum atomic E-state index is 0.456. The number of hydrogen-bond acceptors (Lipinski definition) is 4. The van der Waals surface area contributed by atoms with Crippen molar-refractivity contribution in [1.29, 1.82) is 0 Å². The molecule has 2 rings (SSSR count). The van der Waals surface area contributed by atoms with Crippen LogP contribution in [-0.4, -0.2) is 32.3 Å². The Morgan fingerprint density at radius 1 is 1.44 bits per heavy atom. The molecule has 0 radical (unpaired) electrons. The first-order chi connectivity index (χ1) is 7.95. The summed E-state index contributed by atoms with van der Waals surface area (Å²) in [7, 11) is 0. The van der Waals surface area contributed by atoms with Crippen LogP contribution in [0.3, 0.4) is 0 Å². The first-order valence-electron chi connectivity index (χ1n) is 5.99. The maximum Gasteiger partial charge on any atom is 0.0947 e. The van der Waals surface area contributed by atoms with E-state index in [1.165, 1.54) is 5.56 Å². The monoisotopic (exact) mass is 224 g/mol. The van der Waals surface area contributed by atoms with Gasteiger partial charge in [0.15, 0.2) is 0 Å². The molecule has 1 aromatic rings. The van der Waals surface area contributed by atoms with Crippen LogP contribution in [0.2, 0.25) is 0 Å². The number of rotatable bonds is 6. The Hall–Kier alpha value is -0.840. The lowest BCUT2D eigenvalue weighted by Gasteiger charge is -2.22. The second-order valence-electron chi connectivity index (χ2n) is 4.13. The van der Waals surface area contributed by atoms with Crippen LogP contribution in [0.1, 0.15) is 18.4 Å². The molecule has 90 valence electrons. The van der Waals surface area contributed by atoms with Gasteiger partial charge in [0.25, 0.3) is 0 Å². The minimum Gasteiger partial charge on any atom is -0.472 e. The van der Waals surface area contributed by atoms with Gasteiger partial charge in [-0.05, 0) is 32.0 Å². The number of hydrogen-bond donors (Lipinski definition) is 2. The highest BCUT2D eigenvalue weighted by Gasteiger charge is 2.12. The Morgan fingerprint density at radius 2 is 2.31 bits per heavy atom. The van der Waals surface area contributed by atoms with Crippen molar-refractivity contribution in [3.63, 3.8) is 0 Å². The zero-order valence-corrected chi connectivity index (χ0v) is 9.58. The molecule has 0 unspecified atom stereocenters. The molecule has 0 atom stereocenters. The molecule has 0 aromatic carbocycles. The second kappa shape index (κ2) is 6.68. The van der Waals surface area contributed by atoms with Crippen LogP contribution in [0.4, 0.5) is 0 Å². The molecule has 0 spiro atoms. The van der Waals surface area contributed by atoms with Crippen LogP contribution in [0.5, 0.6) is 0 Å². The van der Waals surface area contributed by atoms with Crippen molar-refractivity contribution in [1.82, 2.24) is 10.6 Å². The van der Waals surface area contributed by atoms with Crippen molar-refractivity contribution >= 4 is 0 Å². The van der Waals surface area contributed by atoms with Crippen molar-refractivity contribution in [2.24, 2.45) is 0 Å². The zero-order valence-electron chi connectivity index (χ0n) is 9.58. The van der Waals surface area contributed by atoms with Crippen molar-refractivity contribution in [2.45, 2.75) is 25.5 Å². The first kappa shape index (κ1) is 11.6. The van der Waals surface area contributed by atoms with Crippen molar-refractivity contribution in [3.8, 4) is 0 Å². The average Bonchev–Trinajstić information content (AvgIpc) is 2.83. The fraction of sp³-hybridized carbons (Fsp3) is 0.667. The molecule has 0 saturated carbocycles. The molecule has 1 saturated heterocycles. The van der Waals surface area contributed by atoms with Gasteiger partial charge in [0.2, 0.25) is 0 Å². The predicted octanol–water partition coefficient (Wildman–Crippen LogP) is 1.14. The van der Waals surface area contributed by atoms with Crippen LogP contribution in [-0.2, 0) is 11.3 Å². The molecule has 0 amide bonds. The third kappa shape index (κ3) is 3.96. The molecule has 2 heterocycles. The normalized spacial score (nSPS) is 17.8. The molecular formula is C12H20N2O2. The summed E-state index contributed by atoms with van der Waals surface area (Å²) >= 11 is 0. The van der Waals surface area contributed by atoms with Crippen LogP contribution in [0.15, 0.2) is 23.0 Å². The lowest BCUT2D eigenvalue weighted by atomic mass is 10.1. The number of furan rings is 1. The molecule has 1 fully saturated rings. The lowest BCUT2D eigenvalue weighted by molar-refractivity contribution is 0.0347. The van der Waals surface area contributed by atoms with Gasteiger partial charge in [-0.1, -0.05) is 0 Å². The van der Waals surface area contributed by atoms with Gasteiger partial charge in [-0.3, -0.25) is 0 Å². The fourth-order valence-corrected chi connectivity index (χ4v) is 1.89. The van der Waals surface area contributed by atoms with Gasteiger partial charge in [0, 0.05) is 18.7 Å². The SMILES string of the molecule is c1cc(CNCCOC2CCNCC2)co1. The van der Waals surface area contributed by atoms with Crippen molar-refractivity contribution < 1.29 is 9.15 Å². The summed E-state index contributed by atoms with van der Waals surface area (Å²) in [6.45, 7) is 4.73. The van der Waals surface area contributed by atoms with E-state index in [9.17, 15) is 0 Å². The van der Waals surface area contributed by atoms with E-state index in [0.29, 0.717) is 6.10 Å². The Morgan fingerprint density at radius 3 is 3.06 bits per heavy atom. The molecule has 0 aliphatic carbocycles. The molecule has 1 aromatic heterocycles. The highest BCUT2D eigenvalue weighted by molar-refractivity contribution is 5.04. The summed E-state index contributed by atoms with van der Waals surface area (Å²) in [6.07, 6.45) is 6.20. The molecule has 1 aliphatic rings. The molecule has 2 N–H and O–H groups in total. The van der Waals surface area contributed by atoms with Crippen LogP contribution in [0.25, 0.3) is 0 Å².